The molecule has 3 aliphatic heterocycles. The zero-order valence-electron chi connectivity index (χ0n) is 15.7. The largest absolute Gasteiger partial charge is 0.348 e. The second-order valence-electron chi connectivity index (χ2n) is 7.04. The van der Waals surface area contributed by atoms with E-state index < -0.39 is 50.4 Å². The van der Waals surface area contributed by atoms with E-state index in [1.807, 2.05) is 13.8 Å². The van der Waals surface area contributed by atoms with Gasteiger partial charge in [0.05, 0.1) is 13.2 Å². The van der Waals surface area contributed by atoms with Crippen LogP contribution in [-0.2, 0) is 37.3 Å². The zero-order chi connectivity index (χ0) is 18.5. The Morgan fingerprint density at radius 2 is 1.83 bits per heavy atom. The molecule has 0 amide bonds. The first-order chi connectivity index (χ1) is 11.6. The van der Waals surface area contributed by atoms with Crippen LogP contribution in [0.4, 0.5) is 0 Å². The van der Waals surface area contributed by atoms with Crippen molar-refractivity contribution in [3.8, 4) is 0 Å². The SMILES string of the molecule is [2H]CP(=O)(OCC)O[C@@H]1O[C@H]([C@@H]2COC(C)(C)O2)[C@@H]2OC(C)(C)O[C@H]12. The van der Waals surface area contributed by atoms with Crippen molar-refractivity contribution in [3.63, 3.8) is 0 Å². The maximum atomic E-state index is 12.6. The van der Waals surface area contributed by atoms with Crippen molar-refractivity contribution in [2.45, 2.75) is 76.9 Å². The summed E-state index contributed by atoms with van der Waals surface area (Å²) in [5, 5.41) is 0. The maximum absolute atomic E-state index is 12.6. The van der Waals surface area contributed by atoms with Gasteiger partial charge in [-0.25, -0.2) is 0 Å². The lowest BCUT2D eigenvalue weighted by atomic mass is 10.1. The molecule has 0 aromatic rings. The van der Waals surface area contributed by atoms with Gasteiger partial charge in [-0.3, -0.25) is 9.09 Å². The van der Waals surface area contributed by atoms with E-state index in [2.05, 4.69) is 0 Å². The smallest absolute Gasteiger partial charge is 0.330 e. The lowest BCUT2D eigenvalue weighted by Crippen LogP contribution is -2.40. The van der Waals surface area contributed by atoms with E-state index in [-0.39, 0.29) is 12.7 Å². The Morgan fingerprint density at radius 1 is 1.12 bits per heavy atom. The van der Waals surface area contributed by atoms with E-state index >= 15 is 0 Å². The average Bonchev–Trinajstić information content (AvgIpc) is 3.11. The minimum absolute atomic E-state index is 0.178. The highest BCUT2D eigenvalue weighted by Gasteiger charge is 2.60. The van der Waals surface area contributed by atoms with Crippen LogP contribution in [0.15, 0.2) is 0 Å². The average molecular weight is 367 g/mol. The molecule has 3 saturated heterocycles. The van der Waals surface area contributed by atoms with Gasteiger partial charge in [-0.05, 0) is 34.6 Å². The van der Waals surface area contributed by atoms with E-state index in [1.54, 1.807) is 20.8 Å². The van der Waals surface area contributed by atoms with E-state index in [1.165, 1.54) is 0 Å². The Bertz CT molecular complexity index is 542. The molecule has 6 atom stereocenters. The summed E-state index contributed by atoms with van der Waals surface area (Å²) in [6.45, 7) is 8.96. The molecule has 3 heterocycles. The van der Waals surface area contributed by atoms with Crippen LogP contribution >= 0.6 is 7.60 Å². The van der Waals surface area contributed by atoms with Crippen molar-refractivity contribution in [2.24, 2.45) is 0 Å². The Balaban J connectivity index is 1.78. The molecule has 0 aromatic heterocycles. The predicted molar refractivity (Wildman–Crippen MR) is 83.6 cm³/mol. The predicted octanol–water partition coefficient (Wildman–Crippen LogP) is 2.26. The first-order valence-corrected chi connectivity index (χ1v) is 9.85. The summed E-state index contributed by atoms with van der Waals surface area (Å²) in [6, 6.07) is 0. The number of fused-ring (bicyclic) bond motifs is 1. The summed E-state index contributed by atoms with van der Waals surface area (Å²) in [5.41, 5.74) is 0. The third-order valence-corrected chi connectivity index (χ3v) is 5.21. The molecule has 8 nitrogen and oxygen atoms in total. The molecule has 0 aliphatic carbocycles. The number of hydrogen-bond acceptors (Lipinski definition) is 8. The molecule has 1 unspecified atom stereocenters. The van der Waals surface area contributed by atoms with Gasteiger partial charge in [0.15, 0.2) is 17.9 Å². The number of rotatable bonds is 5. The molecule has 0 spiro atoms. The molecule has 3 aliphatic rings. The van der Waals surface area contributed by atoms with Crippen LogP contribution in [0.3, 0.4) is 0 Å². The molecule has 0 N–H and O–H groups in total. The van der Waals surface area contributed by atoms with Crippen LogP contribution in [0.5, 0.6) is 0 Å². The Morgan fingerprint density at radius 3 is 2.42 bits per heavy atom. The Hall–Kier alpha value is -0.0500. The van der Waals surface area contributed by atoms with Crippen molar-refractivity contribution < 1.29 is 38.7 Å². The van der Waals surface area contributed by atoms with Crippen LogP contribution in [0.2, 0.25) is 0 Å². The molecule has 3 fully saturated rings. The molecule has 24 heavy (non-hydrogen) atoms. The van der Waals surface area contributed by atoms with Gasteiger partial charge < -0.3 is 28.2 Å². The lowest BCUT2D eigenvalue weighted by molar-refractivity contribution is -0.231. The van der Waals surface area contributed by atoms with Crippen molar-refractivity contribution >= 4 is 7.60 Å². The molecule has 0 aromatic carbocycles. The van der Waals surface area contributed by atoms with Gasteiger partial charge >= 0.3 is 7.60 Å². The van der Waals surface area contributed by atoms with Gasteiger partial charge in [0.1, 0.15) is 24.4 Å². The molecule has 140 valence electrons. The lowest BCUT2D eigenvalue weighted by Gasteiger charge is -2.27. The van der Waals surface area contributed by atoms with E-state index in [0.29, 0.717) is 6.61 Å². The molecule has 0 bridgehead atoms. The van der Waals surface area contributed by atoms with E-state index in [9.17, 15) is 4.57 Å². The fraction of sp³-hybridized carbons (Fsp3) is 1.00. The highest BCUT2D eigenvalue weighted by atomic mass is 31.2. The van der Waals surface area contributed by atoms with E-state index in [0.717, 1.165) is 0 Å². The van der Waals surface area contributed by atoms with Crippen LogP contribution < -0.4 is 0 Å². The highest BCUT2D eigenvalue weighted by Crippen LogP contribution is 2.50. The highest BCUT2D eigenvalue weighted by molar-refractivity contribution is 7.52. The summed E-state index contributed by atoms with van der Waals surface area (Å²) < 4.78 is 60.0. The summed E-state index contributed by atoms with van der Waals surface area (Å²) in [4.78, 5) is 0. The fourth-order valence-electron chi connectivity index (χ4n) is 3.24. The zero-order valence-corrected chi connectivity index (χ0v) is 15.6. The van der Waals surface area contributed by atoms with Crippen LogP contribution in [0.1, 0.15) is 36.0 Å². The molecular formula is C15H27O8P. The monoisotopic (exact) mass is 367 g/mol. The van der Waals surface area contributed by atoms with Gasteiger partial charge in [-0.1, -0.05) is 0 Å². The summed E-state index contributed by atoms with van der Waals surface area (Å²) in [5.74, 6) is -1.54. The van der Waals surface area contributed by atoms with Gasteiger partial charge in [0, 0.05) is 8.01 Å². The van der Waals surface area contributed by atoms with Crippen molar-refractivity contribution in [1.29, 1.82) is 0 Å². The summed E-state index contributed by atoms with van der Waals surface area (Å²) in [7, 11) is -3.59. The Kier molecular flexibility index (Phi) is 4.55. The first kappa shape index (κ1) is 17.4. The van der Waals surface area contributed by atoms with Crippen molar-refractivity contribution in [2.75, 3.05) is 19.9 Å². The summed E-state index contributed by atoms with van der Waals surface area (Å²) >= 11 is 0. The second-order valence-corrected chi connectivity index (χ2v) is 8.73. The molecule has 9 heteroatoms. The van der Waals surface area contributed by atoms with E-state index in [4.69, 9.17) is 34.1 Å². The van der Waals surface area contributed by atoms with Crippen LogP contribution in [0.25, 0.3) is 0 Å². The van der Waals surface area contributed by atoms with Gasteiger partial charge in [-0.15, -0.1) is 0 Å². The van der Waals surface area contributed by atoms with Crippen molar-refractivity contribution in [3.05, 3.63) is 0 Å². The quantitative estimate of drug-likeness (QED) is 0.685. The number of hydrogen-bond donors (Lipinski definition) is 0. The second kappa shape index (κ2) is 6.28. The molecule has 3 rings (SSSR count). The minimum atomic E-state index is -3.59. The van der Waals surface area contributed by atoms with Crippen LogP contribution in [-0.4, -0.2) is 62.1 Å². The third kappa shape index (κ3) is 3.86. The number of ether oxygens (including phenoxy) is 5. The van der Waals surface area contributed by atoms with Gasteiger partial charge in [0.25, 0.3) is 0 Å². The topological polar surface area (TPSA) is 81.7 Å². The van der Waals surface area contributed by atoms with Crippen molar-refractivity contribution in [1.82, 2.24) is 0 Å². The first-order valence-electron chi connectivity index (χ1n) is 8.83. The normalized spacial score (nSPS) is 43.4. The Labute approximate surface area is 143 Å². The van der Waals surface area contributed by atoms with Crippen LogP contribution in [0, 0.1) is 0 Å². The molecular weight excluding hydrogens is 339 g/mol. The maximum Gasteiger partial charge on any atom is 0.330 e. The van der Waals surface area contributed by atoms with Gasteiger partial charge in [0.2, 0.25) is 0 Å². The minimum Gasteiger partial charge on any atom is -0.348 e. The van der Waals surface area contributed by atoms with Gasteiger partial charge in [-0.2, -0.15) is 0 Å². The fourth-order valence-corrected chi connectivity index (χ4v) is 4.18. The summed E-state index contributed by atoms with van der Waals surface area (Å²) in [6.07, 6.45) is -2.88. The molecule has 0 radical (unpaired) electrons. The standard InChI is InChI=1S/C15H27O8P/c1-7-18-24(6,16)23-13-12-11(21-15(4,5)22-12)10(19-13)9-8-17-14(2,3)20-9/h9-13H,7-8H2,1-6H3/t9-,10+,11-,12-,13-,24?/m0/s1/i6D. The third-order valence-electron chi connectivity index (χ3n) is 4.03. The molecule has 0 saturated carbocycles.